The summed E-state index contributed by atoms with van der Waals surface area (Å²) in [5.41, 5.74) is 11.2. The van der Waals surface area contributed by atoms with E-state index in [1.54, 1.807) is 0 Å². The average molecular weight is 550 g/mol. The molecule has 220 valence electrons. The Morgan fingerprint density at radius 3 is 1.80 bits per heavy atom. The zero-order chi connectivity index (χ0) is 28.5. The van der Waals surface area contributed by atoms with E-state index >= 15 is 0 Å². The zero-order valence-electron chi connectivity index (χ0n) is 24.6. The van der Waals surface area contributed by atoms with Gasteiger partial charge in [0.25, 0.3) is 0 Å². The Morgan fingerprint density at radius 1 is 0.750 bits per heavy atom. The van der Waals surface area contributed by atoms with Crippen LogP contribution < -0.4 is 0 Å². The maximum absolute atomic E-state index is 10.0. The monoisotopic (exact) mass is 549 g/mol. The van der Waals surface area contributed by atoms with Gasteiger partial charge in [-0.05, 0) is 35.9 Å². The highest BCUT2D eigenvalue weighted by Gasteiger charge is 2.30. The number of hydrogen-bond donors (Lipinski definition) is 1. The van der Waals surface area contributed by atoms with E-state index in [-0.39, 0.29) is 12.7 Å². The zero-order valence-corrected chi connectivity index (χ0v) is 24.6. The molecule has 0 amide bonds. The number of hydrogen-bond acceptors (Lipinski definition) is 4. The topological polar surface area (TPSA) is 87.5 Å². The smallest absolute Gasteiger partial charge is 0.0951 e. The lowest BCUT2D eigenvalue weighted by molar-refractivity contribution is -0.0988. The number of benzene rings is 2. The molecule has 3 atom stereocenters. The van der Waals surface area contributed by atoms with E-state index in [1.807, 2.05) is 60.7 Å². The fourth-order valence-electron chi connectivity index (χ4n) is 4.85. The molecule has 0 aliphatic rings. The minimum absolute atomic E-state index is 0.308. The molecule has 40 heavy (non-hydrogen) atoms. The van der Waals surface area contributed by atoms with Gasteiger partial charge in [-0.3, -0.25) is 0 Å². The largest absolute Gasteiger partial charge is 0.396 e. The minimum atomic E-state index is -0.741. The van der Waals surface area contributed by atoms with E-state index in [9.17, 15) is 5.11 Å². The first-order chi connectivity index (χ1) is 19.8. The Balaban J connectivity index is 1.87. The number of unbranched alkanes of at least 4 members (excludes halogenated alkanes) is 11. The van der Waals surface area contributed by atoms with Gasteiger partial charge in [-0.15, -0.1) is 0 Å². The summed E-state index contributed by atoms with van der Waals surface area (Å²) in [5, 5.41) is 13.9. The summed E-state index contributed by atoms with van der Waals surface area (Å²) in [4.78, 5) is 2.97. The molecule has 0 spiro atoms. The van der Waals surface area contributed by atoms with E-state index in [1.165, 1.54) is 70.6 Å². The van der Waals surface area contributed by atoms with Crippen LogP contribution in [0.15, 0.2) is 77.9 Å². The third kappa shape index (κ3) is 15.2. The van der Waals surface area contributed by atoms with Gasteiger partial charge < -0.3 is 14.6 Å². The van der Waals surface area contributed by atoms with Crippen molar-refractivity contribution in [1.29, 1.82) is 0 Å². The van der Waals surface area contributed by atoms with Crippen molar-refractivity contribution in [2.45, 2.75) is 122 Å². The molecule has 0 radical (unpaired) electrons. The lowest BCUT2D eigenvalue weighted by atomic mass is 10.0. The van der Waals surface area contributed by atoms with Crippen molar-refractivity contribution in [2.24, 2.45) is 5.11 Å². The van der Waals surface area contributed by atoms with Crippen LogP contribution in [0.2, 0.25) is 0 Å². The van der Waals surface area contributed by atoms with Crippen LogP contribution in [0.25, 0.3) is 10.4 Å². The van der Waals surface area contributed by atoms with Crippen molar-refractivity contribution in [1.82, 2.24) is 0 Å². The Labute approximate surface area is 242 Å². The van der Waals surface area contributed by atoms with Crippen LogP contribution in [-0.2, 0) is 22.7 Å². The first-order valence-corrected chi connectivity index (χ1v) is 15.4. The number of ether oxygens (including phenoxy) is 2. The van der Waals surface area contributed by atoms with Crippen LogP contribution in [0.3, 0.4) is 0 Å². The van der Waals surface area contributed by atoms with Gasteiger partial charge in [0, 0.05) is 4.91 Å². The summed E-state index contributed by atoms with van der Waals surface area (Å²) < 4.78 is 12.6. The molecular formula is C34H51N3O3. The van der Waals surface area contributed by atoms with Gasteiger partial charge >= 0.3 is 0 Å². The van der Waals surface area contributed by atoms with Crippen molar-refractivity contribution in [3.63, 3.8) is 0 Å². The normalized spacial score (nSPS) is 13.7. The Kier molecular flexibility index (Phi) is 19.4. The number of aliphatic hydroxyl groups excluding tert-OH is 1. The highest BCUT2D eigenvalue weighted by molar-refractivity contribution is 5.14. The SMILES string of the molecule is CCCCCCCCCCCCC/C=C/C[C@@H](OCc1ccccc1)[C@@H](OCc1ccccc1)[C@H](CO)N=[N+]=[N-]. The summed E-state index contributed by atoms with van der Waals surface area (Å²) in [7, 11) is 0. The van der Waals surface area contributed by atoms with Gasteiger partial charge in [0.15, 0.2) is 0 Å². The van der Waals surface area contributed by atoms with E-state index in [0.29, 0.717) is 19.6 Å². The molecule has 6 heteroatoms. The maximum atomic E-state index is 10.0. The van der Waals surface area contributed by atoms with Crippen LogP contribution in [0.1, 0.15) is 102 Å². The fraction of sp³-hybridized carbons (Fsp3) is 0.588. The van der Waals surface area contributed by atoms with E-state index in [2.05, 4.69) is 29.1 Å². The highest BCUT2D eigenvalue weighted by atomic mass is 16.5. The van der Waals surface area contributed by atoms with Crippen molar-refractivity contribution in [3.05, 3.63) is 94.4 Å². The van der Waals surface area contributed by atoms with Crippen LogP contribution in [0.5, 0.6) is 0 Å². The lowest BCUT2D eigenvalue weighted by Crippen LogP contribution is -2.42. The van der Waals surface area contributed by atoms with Crippen LogP contribution in [-0.4, -0.2) is 30.0 Å². The highest BCUT2D eigenvalue weighted by Crippen LogP contribution is 2.20. The molecule has 0 aromatic heterocycles. The number of nitrogens with zero attached hydrogens (tertiary/aromatic N) is 3. The molecule has 1 N–H and O–H groups in total. The molecule has 0 aliphatic heterocycles. The summed E-state index contributed by atoms with van der Waals surface area (Å²) >= 11 is 0. The molecule has 0 aliphatic carbocycles. The molecule has 2 rings (SSSR count). The predicted octanol–water partition coefficient (Wildman–Crippen LogP) is 9.48. The molecule has 0 saturated heterocycles. The molecule has 0 saturated carbocycles. The van der Waals surface area contributed by atoms with Crippen LogP contribution in [0, 0.1) is 0 Å². The second kappa shape index (κ2) is 23.1. The molecule has 2 aromatic rings. The Morgan fingerprint density at radius 2 is 1.27 bits per heavy atom. The van der Waals surface area contributed by atoms with Crippen molar-refractivity contribution in [3.8, 4) is 0 Å². The number of allylic oxidation sites excluding steroid dienone is 1. The number of rotatable bonds is 24. The van der Waals surface area contributed by atoms with E-state index in [0.717, 1.165) is 17.5 Å². The average Bonchev–Trinajstić information content (AvgIpc) is 3.00. The molecule has 0 bridgehead atoms. The molecule has 0 fully saturated rings. The second-order valence-corrected chi connectivity index (χ2v) is 10.6. The van der Waals surface area contributed by atoms with Crippen molar-refractivity contribution < 1.29 is 14.6 Å². The summed E-state index contributed by atoms with van der Waals surface area (Å²) in [5.74, 6) is 0. The van der Waals surface area contributed by atoms with Gasteiger partial charge in [-0.25, -0.2) is 0 Å². The third-order valence-electron chi connectivity index (χ3n) is 7.23. The van der Waals surface area contributed by atoms with E-state index < -0.39 is 12.1 Å². The number of aliphatic hydroxyl groups is 1. The summed E-state index contributed by atoms with van der Waals surface area (Å²) in [6.07, 6.45) is 19.8. The van der Waals surface area contributed by atoms with Gasteiger partial charge in [0.05, 0.1) is 38.1 Å². The molecular weight excluding hydrogens is 498 g/mol. The van der Waals surface area contributed by atoms with Gasteiger partial charge in [-0.2, -0.15) is 0 Å². The predicted molar refractivity (Wildman–Crippen MR) is 165 cm³/mol. The van der Waals surface area contributed by atoms with Crippen molar-refractivity contribution >= 4 is 0 Å². The minimum Gasteiger partial charge on any atom is -0.396 e. The standard InChI is InChI=1S/C34H51N3O3/c1-2-3-4-5-6-7-8-9-10-11-12-13-14-21-26-33(39-28-30-22-17-15-18-23-30)34(32(27-38)36-37-35)40-29-31-24-19-16-20-25-31/h14-25,32-34,38H,2-13,26-29H2,1H3/b21-14+/t32-,33+,34-/m0/s1. The first kappa shape index (κ1) is 33.6. The quantitative estimate of drug-likeness (QED) is 0.0465. The van der Waals surface area contributed by atoms with Gasteiger partial charge in [0.1, 0.15) is 0 Å². The maximum Gasteiger partial charge on any atom is 0.0951 e. The molecule has 6 nitrogen and oxygen atoms in total. The molecule has 0 unspecified atom stereocenters. The third-order valence-corrected chi connectivity index (χ3v) is 7.23. The second-order valence-electron chi connectivity index (χ2n) is 10.6. The Bertz CT molecular complexity index is 932. The molecule has 0 heterocycles. The first-order valence-electron chi connectivity index (χ1n) is 15.4. The van der Waals surface area contributed by atoms with E-state index in [4.69, 9.17) is 15.0 Å². The molecule has 2 aromatic carbocycles. The van der Waals surface area contributed by atoms with Gasteiger partial charge in [0.2, 0.25) is 0 Å². The number of azide groups is 1. The van der Waals surface area contributed by atoms with Crippen LogP contribution in [0.4, 0.5) is 0 Å². The fourth-order valence-corrected chi connectivity index (χ4v) is 4.85. The summed E-state index contributed by atoms with van der Waals surface area (Å²) in [6, 6.07) is 19.1. The summed E-state index contributed by atoms with van der Waals surface area (Å²) in [6.45, 7) is 2.72. The van der Waals surface area contributed by atoms with Gasteiger partial charge in [-0.1, -0.05) is 149 Å². The Hall–Kier alpha value is -2.63. The lowest BCUT2D eigenvalue weighted by Gasteiger charge is -2.30. The van der Waals surface area contributed by atoms with Crippen LogP contribution >= 0.6 is 0 Å². The van der Waals surface area contributed by atoms with Crippen molar-refractivity contribution in [2.75, 3.05) is 6.61 Å².